The van der Waals surface area contributed by atoms with Gasteiger partial charge in [-0.2, -0.15) is 33.7 Å². The van der Waals surface area contributed by atoms with Gasteiger partial charge in [0.05, 0.1) is 34.0 Å². The van der Waals surface area contributed by atoms with Crippen molar-refractivity contribution in [3.8, 4) is 6.07 Å². The quantitative estimate of drug-likeness (QED) is 0.00676. The number of thiophene rings is 2. The third-order valence-electron chi connectivity index (χ3n) is 12.0. The summed E-state index contributed by atoms with van der Waals surface area (Å²) in [6.45, 7) is 23.0. The number of nitrogens with zero attached hydrogens (tertiary/aromatic N) is 11. The van der Waals surface area contributed by atoms with E-state index >= 15 is 0 Å². The molecule has 0 atom stereocenters. The third-order valence-corrected chi connectivity index (χ3v) is 15.8. The molecule has 4 aromatic carbocycles. The maximum atomic E-state index is 13.4. The molecule has 0 aliphatic carbocycles. The van der Waals surface area contributed by atoms with Gasteiger partial charge in [-0.15, -0.1) is 38.0 Å². The van der Waals surface area contributed by atoms with E-state index in [-0.39, 0.29) is 43.7 Å². The van der Waals surface area contributed by atoms with E-state index in [0.29, 0.717) is 81.7 Å². The average Bonchev–Trinajstić information content (AvgIpc) is 4.28. The lowest BCUT2D eigenvalue weighted by Crippen LogP contribution is -2.21. The van der Waals surface area contributed by atoms with Crippen LogP contribution in [0.5, 0.6) is 0 Å². The maximum Gasteiger partial charge on any atom is 0.297 e. The largest absolute Gasteiger partial charge is 0.372 e. The molecular formula is C57H55N15O7S4. The van der Waals surface area contributed by atoms with Crippen molar-refractivity contribution in [3.05, 3.63) is 141 Å². The number of azo groups is 2. The van der Waals surface area contributed by atoms with Crippen LogP contribution in [0.25, 0.3) is 17.0 Å². The molecule has 7 aromatic rings. The Morgan fingerprint density at radius 3 is 1.60 bits per heavy atom. The topological polar surface area (TPSA) is 294 Å². The molecule has 26 heteroatoms. The number of hydrogen-bond acceptors (Lipinski definition) is 21. The number of hydrogen-bond donors (Lipinski definition) is 5. The number of aromatic nitrogens is 3. The number of carbonyl (C=O) groups is 4. The van der Waals surface area contributed by atoms with Crippen LogP contribution in [0.2, 0.25) is 0 Å². The Kier molecular flexibility index (Phi) is 21.0. The minimum Gasteiger partial charge on any atom is -0.372 e. The summed E-state index contributed by atoms with van der Waals surface area (Å²) in [5, 5.41) is 40.4. The number of rotatable bonds is 25. The van der Waals surface area contributed by atoms with Crippen LogP contribution in [-0.2, 0) is 29.3 Å². The highest BCUT2D eigenvalue weighted by molar-refractivity contribution is 7.99. The van der Waals surface area contributed by atoms with Crippen LogP contribution >= 0.6 is 34.4 Å². The molecule has 0 saturated heterocycles. The van der Waals surface area contributed by atoms with Gasteiger partial charge >= 0.3 is 0 Å². The van der Waals surface area contributed by atoms with Crippen LogP contribution in [0.1, 0.15) is 63.8 Å². The van der Waals surface area contributed by atoms with Crippen molar-refractivity contribution in [2.45, 2.75) is 58.5 Å². The van der Waals surface area contributed by atoms with Crippen LogP contribution < -0.4 is 31.1 Å². The van der Waals surface area contributed by atoms with Gasteiger partial charge in [0.15, 0.2) is 21.7 Å². The lowest BCUT2D eigenvalue weighted by molar-refractivity contribution is -0.120. The van der Waals surface area contributed by atoms with Gasteiger partial charge < -0.3 is 31.1 Å². The van der Waals surface area contributed by atoms with Crippen molar-refractivity contribution >= 4 is 153 Å². The van der Waals surface area contributed by atoms with Crippen LogP contribution in [0.4, 0.5) is 73.1 Å². The standard InChI is InChI=1S/C57H55N15O7S4/c1-9-71(10-2)38-24-26-44(67-69-53-43(33-58)50(83(77,78)79)49(82-53)32-42(35(7)74)52(76)61-37-22-18-15-19-23-37)46(28-38)62-55-64-56(66-57(65-55)80-13-5)63-47-29-39(72(11-3)12-4)25-27-45(47)68-70-54-48(59-8)31-40(81-54)30-41(34(6)73)51(75)60-36-20-16-14-17-21-36/h14-32H,9-13H2,1-7H3,(H,60,75)(H,61,76)(H,77,78,79)(H2,62,63,64,65,66)/b41-30+,42-32-,69-67?,70-68?. The van der Waals surface area contributed by atoms with Crippen molar-refractivity contribution in [1.82, 2.24) is 15.0 Å². The SMILES string of the molecule is [C-]#[N+]c1cc(/C=C(\C(C)=O)C(=O)Nc2ccccc2)sc1N=Nc1ccc(N(CC)CC)cc1Nc1nc(Nc2cc(N(CC)CC)ccc2N=Nc2sc(/C=C(/C(C)=O)C(=O)Nc3ccccc3)c(S(=O)(=O)O)c2C#N)nc(SCC)n1. The van der Waals surface area contributed by atoms with Gasteiger partial charge in [0.1, 0.15) is 32.9 Å². The molecule has 424 valence electrons. The molecule has 0 spiro atoms. The van der Waals surface area contributed by atoms with Gasteiger partial charge in [0, 0.05) is 53.8 Å². The van der Waals surface area contributed by atoms with Crippen LogP contribution in [0, 0.1) is 17.9 Å². The van der Waals surface area contributed by atoms with Crippen molar-refractivity contribution in [2.24, 2.45) is 20.5 Å². The molecule has 3 aromatic heterocycles. The molecule has 0 aliphatic heterocycles. The smallest absolute Gasteiger partial charge is 0.297 e. The average molecular weight is 1190 g/mol. The minimum atomic E-state index is -5.14. The third kappa shape index (κ3) is 15.8. The molecular weight excluding hydrogens is 1130 g/mol. The molecule has 2 amide bonds. The summed E-state index contributed by atoms with van der Waals surface area (Å²) >= 11 is 3.04. The Morgan fingerprint density at radius 1 is 0.687 bits per heavy atom. The first-order valence-electron chi connectivity index (χ1n) is 25.7. The van der Waals surface area contributed by atoms with Gasteiger partial charge in [0.2, 0.25) is 17.6 Å². The first-order chi connectivity index (χ1) is 39.9. The van der Waals surface area contributed by atoms with Gasteiger partial charge in [-0.25, -0.2) is 4.85 Å². The number of ketones is 2. The van der Waals surface area contributed by atoms with E-state index in [0.717, 1.165) is 35.7 Å². The zero-order valence-electron chi connectivity index (χ0n) is 46.0. The molecule has 0 radical (unpaired) electrons. The molecule has 22 nitrogen and oxygen atoms in total. The number of nitrogens with one attached hydrogen (secondary N) is 4. The molecule has 0 bridgehead atoms. The van der Waals surface area contributed by atoms with Crippen molar-refractivity contribution in [2.75, 3.05) is 63.0 Å². The normalized spacial score (nSPS) is 11.7. The maximum absolute atomic E-state index is 13.4. The van der Waals surface area contributed by atoms with E-state index in [4.69, 9.17) is 21.5 Å². The van der Waals surface area contributed by atoms with E-state index in [1.807, 2.05) is 46.8 Å². The zero-order valence-corrected chi connectivity index (χ0v) is 49.2. The van der Waals surface area contributed by atoms with Crippen LogP contribution in [0.3, 0.4) is 0 Å². The van der Waals surface area contributed by atoms with Crippen molar-refractivity contribution in [3.63, 3.8) is 0 Å². The monoisotopic (exact) mass is 1190 g/mol. The number of benzene rings is 4. The summed E-state index contributed by atoms with van der Waals surface area (Å²) in [7, 11) is -5.14. The second kappa shape index (κ2) is 28.4. The fraction of sp³-hybridized carbons (Fsp3) is 0.211. The van der Waals surface area contributed by atoms with E-state index in [9.17, 15) is 37.4 Å². The number of Topliss-reactive ketones (excluding diaryl/α,β-unsaturated/α-hetero) is 2. The molecule has 3 heterocycles. The Morgan fingerprint density at radius 2 is 1.17 bits per heavy atom. The number of thioether (sulfide) groups is 1. The minimum absolute atomic E-state index is 0.0679. The second-order valence-corrected chi connectivity index (χ2v) is 22.2. The zero-order chi connectivity index (χ0) is 59.8. The van der Waals surface area contributed by atoms with Crippen LogP contribution in [0.15, 0.2) is 145 Å². The predicted octanol–water partition coefficient (Wildman–Crippen LogP) is 14.0. The molecule has 0 aliphatic rings. The highest BCUT2D eigenvalue weighted by Crippen LogP contribution is 2.44. The Hall–Kier alpha value is -9.31. The first-order valence-corrected chi connectivity index (χ1v) is 29.7. The highest BCUT2D eigenvalue weighted by Gasteiger charge is 2.29. The predicted molar refractivity (Wildman–Crippen MR) is 328 cm³/mol. The summed E-state index contributed by atoms with van der Waals surface area (Å²) in [6.07, 6.45) is 2.41. The number of amides is 2. The van der Waals surface area contributed by atoms with E-state index in [2.05, 4.69) is 56.4 Å². The van der Waals surface area contributed by atoms with E-state index in [1.54, 1.807) is 91.0 Å². The molecule has 7 rings (SSSR count). The highest BCUT2D eigenvalue weighted by atomic mass is 32.2. The van der Waals surface area contributed by atoms with Gasteiger partial charge in [-0.3, -0.25) is 23.7 Å². The lowest BCUT2D eigenvalue weighted by atomic mass is 10.1. The second-order valence-electron chi connectivity index (χ2n) is 17.5. The Labute approximate surface area is 491 Å². The van der Waals surface area contributed by atoms with Crippen molar-refractivity contribution < 1.29 is 32.1 Å². The van der Waals surface area contributed by atoms with Crippen LogP contribution in [-0.4, -0.2) is 83.2 Å². The lowest BCUT2D eigenvalue weighted by Gasteiger charge is -2.22. The number of nitriles is 1. The van der Waals surface area contributed by atoms with Crippen molar-refractivity contribution in [1.29, 1.82) is 5.26 Å². The fourth-order valence-electron chi connectivity index (χ4n) is 8.02. The summed E-state index contributed by atoms with van der Waals surface area (Å²) in [4.78, 5) is 73.5. The summed E-state index contributed by atoms with van der Waals surface area (Å²) < 4.78 is 36.3. The molecule has 83 heavy (non-hydrogen) atoms. The molecule has 5 N–H and O–H groups in total. The summed E-state index contributed by atoms with van der Waals surface area (Å²) in [6, 6.07) is 31.1. The Balaban J connectivity index is 1.27. The molecule has 0 unspecified atom stereocenters. The Bertz CT molecular complexity index is 3900. The fourth-order valence-corrected chi connectivity index (χ4v) is 11.6. The number of carbonyl (C=O) groups excluding carboxylic acids is 4. The summed E-state index contributed by atoms with van der Waals surface area (Å²) in [5.41, 5.74) is 2.80. The van der Waals surface area contributed by atoms with E-state index in [1.165, 1.54) is 30.8 Å². The van der Waals surface area contributed by atoms with Gasteiger partial charge in [0.25, 0.3) is 21.9 Å². The number of anilines is 8. The summed E-state index contributed by atoms with van der Waals surface area (Å²) in [5.74, 6) is -1.90. The van der Waals surface area contributed by atoms with Gasteiger partial charge in [-0.05, 0) is 126 Å². The molecule has 0 fully saturated rings. The van der Waals surface area contributed by atoms with Gasteiger partial charge in [-0.1, -0.05) is 55.1 Å². The first kappa shape index (κ1) is 61.3. The number of para-hydroxylation sites is 2. The molecule has 0 saturated carbocycles. The van der Waals surface area contributed by atoms with E-state index < -0.39 is 49.5 Å².